The number of likely N-dealkylation sites (tertiary alicyclic amines) is 1. The van der Waals surface area contributed by atoms with Gasteiger partial charge in [0.2, 0.25) is 10.0 Å². The number of ether oxygens (including phenoxy) is 1. The van der Waals surface area contributed by atoms with Crippen molar-refractivity contribution in [2.75, 3.05) is 26.2 Å². The summed E-state index contributed by atoms with van der Waals surface area (Å²) in [7, 11) is -1.43. The molecule has 3 saturated heterocycles. The van der Waals surface area contributed by atoms with E-state index in [-0.39, 0.29) is 12.0 Å². The Morgan fingerprint density at radius 1 is 1.30 bits per heavy atom. The first-order valence-corrected chi connectivity index (χ1v) is 10.9. The molecule has 4 heterocycles. The van der Waals surface area contributed by atoms with Crippen LogP contribution in [0.25, 0.3) is 10.9 Å². The Morgan fingerprint density at radius 3 is 2.85 bits per heavy atom. The third kappa shape index (κ3) is 2.26. The number of hydrogen-bond donors (Lipinski definition) is 0. The van der Waals surface area contributed by atoms with Gasteiger partial charge in [-0.2, -0.15) is 4.31 Å². The first-order valence-electron chi connectivity index (χ1n) is 9.36. The fourth-order valence-corrected chi connectivity index (χ4v) is 7.40. The molecule has 0 radical (unpaired) electrons. The van der Waals surface area contributed by atoms with Gasteiger partial charge in [-0.15, -0.1) is 0 Å². The number of rotatable bonds is 2. The summed E-state index contributed by atoms with van der Waals surface area (Å²) in [5, 5.41) is 0.382. The smallest absolute Gasteiger partial charge is 0.256 e. The molecule has 0 aliphatic carbocycles. The molecule has 27 heavy (non-hydrogen) atoms. The van der Waals surface area contributed by atoms with Crippen LogP contribution in [0, 0.1) is 0 Å². The molecule has 2 aromatic rings. The van der Waals surface area contributed by atoms with Crippen molar-refractivity contribution in [3.05, 3.63) is 36.0 Å². The number of nitrogens with zero attached hydrogens (tertiary/aromatic N) is 3. The monoisotopic (exact) mass is 389 g/mol. The average molecular weight is 389 g/mol. The molecule has 8 heteroatoms. The van der Waals surface area contributed by atoms with Crippen LogP contribution in [0.15, 0.2) is 30.5 Å². The topological polar surface area (TPSA) is 71.8 Å². The Balaban J connectivity index is 1.51. The van der Waals surface area contributed by atoms with Crippen LogP contribution < -0.4 is 0 Å². The highest BCUT2D eigenvalue weighted by Gasteiger charge is 2.65. The Kier molecular flexibility index (Phi) is 3.54. The number of aromatic nitrogens is 1. The van der Waals surface area contributed by atoms with E-state index in [4.69, 9.17) is 4.74 Å². The number of amides is 1. The maximum atomic E-state index is 13.3. The number of carbonyl (C=O) groups is 1. The van der Waals surface area contributed by atoms with E-state index in [1.807, 2.05) is 49.0 Å². The zero-order valence-electron chi connectivity index (χ0n) is 15.5. The maximum Gasteiger partial charge on any atom is 0.256 e. The van der Waals surface area contributed by atoms with Gasteiger partial charge < -0.3 is 14.2 Å². The molecule has 144 valence electrons. The lowest BCUT2D eigenvalue weighted by Gasteiger charge is -2.39. The van der Waals surface area contributed by atoms with Crippen molar-refractivity contribution in [1.82, 2.24) is 13.8 Å². The van der Waals surface area contributed by atoms with E-state index < -0.39 is 20.9 Å². The van der Waals surface area contributed by atoms with Gasteiger partial charge in [-0.25, -0.2) is 8.42 Å². The molecule has 1 amide bonds. The molecule has 0 saturated carbocycles. The summed E-state index contributed by atoms with van der Waals surface area (Å²) >= 11 is 0. The summed E-state index contributed by atoms with van der Waals surface area (Å²) in [6, 6.07) is 7.83. The van der Waals surface area contributed by atoms with Crippen LogP contribution in [0.2, 0.25) is 0 Å². The van der Waals surface area contributed by atoms with Crippen molar-refractivity contribution in [1.29, 1.82) is 0 Å². The Bertz CT molecular complexity index is 1050. The number of carbonyl (C=O) groups excluding carboxylic acids is 1. The zero-order chi connectivity index (χ0) is 19.0. The fourth-order valence-electron chi connectivity index (χ4n) is 5.07. The molecule has 5 rings (SSSR count). The van der Waals surface area contributed by atoms with E-state index in [2.05, 4.69) is 0 Å². The molecular formula is C19H23N3O4S. The number of sulfonamides is 1. The molecule has 1 aromatic carbocycles. The summed E-state index contributed by atoms with van der Waals surface area (Å²) in [5.74, 6) is -0.0486. The molecule has 1 spiro atoms. The molecule has 0 unspecified atom stereocenters. The van der Waals surface area contributed by atoms with Crippen molar-refractivity contribution < 1.29 is 17.9 Å². The molecule has 0 N–H and O–H groups in total. The quantitative estimate of drug-likeness (QED) is 0.774. The fraction of sp³-hybridized carbons (Fsp3) is 0.526. The second-order valence-corrected chi connectivity index (χ2v) is 9.97. The molecule has 7 nitrogen and oxygen atoms in total. The number of para-hydroxylation sites is 1. The van der Waals surface area contributed by atoms with Crippen LogP contribution in [-0.2, 0) is 21.8 Å². The van der Waals surface area contributed by atoms with E-state index in [0.29, 0.717) is 38.2 Å². The number of likely N-dealkylation sites (N-methyl/N-ethyl adjacent to an activating group) is 1. The minimum atomic E-state index is -3.36. The summed E-state index contributed by atoms with van der Waals surface area (Å²) in [4.78, 5) is 15.1. The lowest BCUT2D eigenvalue weighted by molar-refractivity contribution is -0.0974. The van der Waals surface area contributed by atoms with E-state index >= 15 is 0 Å². The SMILES string of the molecule is CCN1C[C@]23CN(C(=O)c4cn(C)c5ccccc45)C[C@@H](C[C@H]2S1(=O)=O)O3. The summed E-state index contributed by atoms with van der Waals surface area (Å²) in [5.41, 5.74) is 0.877. The molecule has 3 aliphatic rings. The second kappa shape index (κ2) is 5.56. The standard InChI is InChI=1S/C19H23N3O4S/c1-3-22-12-19-11-21(9-13(26-19)8-17(19)27(22,24)25)18(23)15-10-20(2)16-7-5-4-6-14(15)16/h4-7,10,13,17H,3,8-9,11-12H2,1-2H3/t13-,17-,19-/m1/s1. The van der Waals surface area contributed by atoms with Gasteiger partial charge in [0.25, 0.3) is 5.91 Å². The predicted octanol–water partition coefficient (Wildman–Crippen LogP) is 1.20. The van der Waals surface area contributed by atoms with Crippen molar-refractivity contribution in [2.24, 2.45) is 7.05 Å². The third-order valence-electron chi connectivity index (χ3n) is 6.28. The van der Waals surface area contributed by atoms with Gasteiger partial charge >= 0.3 is 0 Å². The molecule has 2 bridgehead atoms. The zero-order valence-corrected chi connectivity index (χ0v) is 16.3. The van der Waals surface area contributed by atoms with Crippen LogP contribution in [0.5, 0.6) is 0 Å². The van der Waals surface area contributed by atoms with Crippen LogP contribution in [0.4, 0.5) is 0 Å². The number of hydrogen-bond acceptors (Lipinski definition) is 4. The van der Waals surface area contributed by atoms with Crippen LogP contribution >= 0.6 is 0 Å². The van der Waals surface area contributed by atoms with Crippen LogP contribution in [-0.4, -0.2) is 71.2 Å². The first-order chi connectivity index (χ1) is 12.9. The van der Waals surface area contributed by atoms with Crippen LogP contribution in [0.1, 0.15) is 23.7 Å². The van der Waals surface area contributed by atoms with E-state index in [1.165, 1.54) is 4.31 Å². The third-order valence-corrected chi connectivity index (χ3v) is 8.73. The van der Waals surface area contributed by atoms with Gasteiger partial charge in [-0.1, -0.05) is 25.1 Å². The van der Waals surface area contributed by atoms with Crippen molar-refractivity contribution in [3.8, 4) is 0 Å². The largest absolute Gasteiger partial charge is 0.365 e. The molecule has 3 atom stereocenters. The van der Waals surface area contributed by atoms with Crippen molar-refractivity contribution >= 4 is 26.8 Å². The Hall–Kier alpha value is -1.90. The summed E-state index contributed by atoms with van der Waals surface area (Å²) in [6.07, 6.45) is 2.12. The summed E-state index contributed by atoms with van der Waals surface area (Å²) in [6.45, 7) is 3.39. The average Bonchev–Trinajstić information content (AvgIpc) is 3.19. The van der Waals surface area contributed by atoms with Gasteiger partial charge in [-0.3, -0.25) is 4.79 Å². The molecular weight excluding hydrogens is 366 g/mol. The summed E-state index contributed by atoms with van der Waals surface area (Å²) < 4.78 is 35.2. The van der Waals surface area contributed by atoms with Crippen molar-refractivity contribution in [2.45, 2.75) is 30.3 Å². The lowest BCUT2D eigenvalue weighted by Crippen LogP contribution is -2.56. The van der Waals surface area contributed by atoms with Gasteiger partial charge in [0.05, 0.1) is 18.2 Å². The van der Waals surface area contributed by atoms with Gasteiger partial charge in [0, 0.05) is 43.8 Å². The minimum Gasteiger partial charge on any atom is -0.365 e. The highest BCUT2D eigenvalue weighted by Crippen LogP contribution is 2.46. The number of fused-ring (bicyclic) bond motifs is 2. The molecule has 3 aliphatic heterocycles. The number of aryl methyl sites for hydroxylation is 1. The molecule has 3 fully saturated rings. The van der Waals surface area contributed by atoms with Crippen LogP contribution in [0.3, 0.4) is 0 Å². The van der Waals surface area contributed by atoms with Gasteiger partial charge in [0.15, 0.2) is 0 Å². The predicted molar refractivity (Wildman–Crippen MR) is 101 cm³/mol. The Morgan fingerprint density at radius 2 is 2.07 bits per heavy atom. The van der Waals surface area contributed by atoms with Gasteiger partial charge in [0.1, 0.15) is 10.9 Å². The first kappa shape index (κ1) is 17.2. The van der Waals surface area contributed by atoms with E-state index in [1.54, 1.807) is 4.90 Å². The highest BCUT2D eigenvalue weighted by molar-refractivity contribution is 7.90. The normalized spacial score (nSPS) is 32.1. The molecule has 1 aromatic heterocycles. The van der Waals surface area contributed by atoms with E-state index in [0.717, 1.165) is 10.9 Å². The number of morpholine rings is 1. The second-order valence-electron chi connectivity index (χ2n) is 7.86. The highest BCUT2D eigenvalue weighted by atomic mass is 32.2. The van der Waals surface area contributed by atoms with Crippen molar-refractivity contribution in [3.63, 3.8) is 0 Å². The Labute approximate surface area is 158 Å². The lowest BCUT2D eigenvalue weighted by atomic mass is 9.99. The maximum absolute atomic E-state index is 13.3. The van der Waals surface area contributed by atoms with Gasteiger partial charge in [-0.05, 0) is 12.5 Å². The number of benzene rings is 1. The van der Waals surface area contributed by atoms with E-state index in [9.17, 15) is 13.2 Å². The minimum absolute atomic E-state index is 0.0486.